The van der Waals surface area contributed by atoms with Crippen LogP contribution in [-0.2, 0) is 0 Å². The summed E-state index contributed by atoms with van der Waals surface area (Å²) < 4.78 is 277. The van der Waals surface area contributed by atoms with Crippen LogP contribution in [0.3, 0.4) is 0 Å². The number of benzene rings is 9. The second-order valence-electron chi connectivity index (χ2n) is 10.5. The third kappa shape index (κ3) is 4.33. The van der Waals surface area contributed by atoms with Gasteiger partial charge in [0.15, 0.2) is 0 Å². The minimum Gasteiger partial charge on any atom is -0.455 e. The maximum absolute atomic E-state index is 10.0. The summed E-state index contributed by atoms with van der Waals surface area (Å²) in [4.78, 5) is 0. The van der Waals surface area contributed by atoms with E-state index < -0.39 is 280 Å². The van der Waals surface area contributed by atoms with Gasteiger partial charge in [-0.2, -0.15) is 0 Å². The van der Waals surface area contributed by atoms with Crippen LogP contribution in [0.15, 0.2) is 186 Å². The van der Waals surface area contributed by atoms with Gasteiger partial charge in [0.1, 0.15) is 11.2 Å². The topological polar surface area (TPSA) is 13.1 Å². The molecule has 10 aromatic rings. The first-order valence-corrected chi connectivity index (χ1v) is 14.4. The highest BCUT2D eigenvalue weighted by Crippen LogP contribution is 2.47. The molecular formula is C48H30O. The molecule has 1 aromatic heterocycles. The van der Waals surface area contributed by atoms with Gasteiger partial charge in [0, 0.05) is 16.3 Å². The van der Waals surface area contributed by atoms with E-state index in [2.05, 4.69) is 0 Å². The van der Waals surface area contributed by atoms with Crippen LogP contribution >= 0.6 is 0 Å². The Hall–Kier alpha value is -6.44. The van der Waals surface area contributed by atoms with Crippen LogP contribution in [0, 0.1) is 0 Å². The van der Waals surface area contributed by atoms with Crippen LogP contribution < -0.4 is 0 Å². The minimum atomic E-state index is -1.19. The number of fused-ring (bicyclic) bond motifs is 6. The largest absolute Gasteiger partial charge is 0.455 e. The van der Waals surface area contributed by atoms with Crippen LogP contribution in [0.5, 0.6) is 0 Å². The standard InChI is InChI=1S/C48H30O/c1-3-15-31(16-4-1)43-29-33(30-44-37-21-13-14-26-45(37)49-48(43)44)34-27-28-42(36-20-8-7-19-35(34)36)47-40-24-11-9-22-38(40)46(32-17-5-2-6-18-32)39-23-10-12-25-41(39)47/h1-30H/i1D,2D,3D,4D,5D,6D,7D,8D,9D,10D,11D,12D,13D,14D,15D,16D,17D,18D,19D,20D,21D,22D,23D,24D,25D,26D,27D,28D,29D,30D. The van der Waals surface area contributed by atoms with Gasteiger partial charge in [-0.05, 0) is 89.4 Å². The van der Waals surface area contributed by atoms with E-state index in [1.54, 1.807) is 0 Å². The fraction of sp³-hybridized carbons (Fsp3) is 0. The molecular weight excluding hydrogens is 593 g/mol. The molecule has 0 saturated heterocycles. The van der Waals surface area contributed by atoms with Gasteiger partial charge in [-0.3, -0.25) is 0 Å². The number of furan rings is 1. The lowest BCUT2D eigenvalue weighted by Crippen LogP contribution is -1.92. The summed E-state index contributed by atoms with van der Waals surface area (Å²) in [6.07, 6.45) is 0. The molecule has 10 rings (SSSR count). The van der Waals surface area contributed by atoms with Crippen LogP contribution in [0.25, 0.3) is 98.8 Å². The van der Waals surface area contributed by atoms with Gasteiger partial charge >= 0.3 is 0 Å². The van der Waals surface area contributed by atoms with Gasteiger partial charge in [-0.25, -0.2) is 0 Å². The number of hydrogen-bond donors (Lipinski definition) is 0. The van der Waals surface area contributed by atoms with Crippen molar-refractivity contribution in [3.63, 3.8) is 0 Å². The average Bonchev–Trinajstić information content (AvgIpc) is 3.40. The van der Waals surface area contributed by atoms with E-state index in [0.717, 1.165) is 0 Å². The third-order valence-corrected chi connectivity index (χ3v) is 7.94. The first-order chi connectivity index (χ1) is 36.8. The maximum atomic E-state index is 10.0. The van der Waals surface area contributed by atoms with Gasteiger partial charge < -0.3 is 4.42 Å². The van der Waals surface area contributed by atoms with Crippen molar-refractivity contribution in [2.45, 2.75) is 0 Å². The van der Waals surface area contributed by atoms with Gasteiger partial charge in [0.25, 0.3) is 0 Å². The second kappa shape index (κ2) is 11.1. The van der Waals surface area contributed by atoms with Crippen LogP contribution in [-0.4, -0.2) is 0 Å². The molecule has 1 heteroatoms. The van der Waals surface area contributed by atoms with Crippen molar-refractivity contribution in [1.29, 1.82) is 0 Å². The summed E-state index contributed by atoms with van der Waals surface area (Å²) in [6.45, 7) is 0. The maximum Gasteiger partial charge on any atom is 0.143 e. The molecule has 0 unspecified atom stereocenters. The zero-order chi connectivity index (χ0) is 58.4. The molecule has 0 radical (unpaired) electrons. The Balaban J connectivity index is 1.55. The van der Waals surface area contributed by atoms with Gasteiger partial charge in [0.2, 0.25) is 0 Å². The summed E-state index contributed by atoms with van der Waals surface area (Å²) in [5, 5.41) is -6.03. The molecule has 0 bridgehead atoms. The van der Waals surface area contributed by atoms with E-state index in [0.29, 0.717) is 0 Å². The monoisotopic (exact) mass is 652 g/mol. The summed E-state index contributed by atoms with van der Waals surface area (Å²) >= 11 is 0. The minimum absolute atomic E-state index is 0.554. The molecule has 49 heavy (non-hydrogen) atoms. The van der Waals surface area contributed by atoms with Crippen molar-refractivity contribution in [2.75, 3.05) is 0 Å². The SMILES string of the molecule is [2H]c1c([2H])c([2H])c(-c2c([2H])c(-c3c([2H])c([2H])c(-c4c5c([2H])c([2H])c([2H])c([2H])c5c(-c5c([2H])c([2H])c([2H])c([2H])c5[2H])c5c([2H])c([2H])c([2H])c([2H])c45)c4c([2H])c([2H])c([2H])c([2H])c34)c([2H])c3c2oc2c([2H])c([2H])c([2H])c([2H])c23)c([2H])c1[2H]. The van der Waals surface area contributed by atoms with E-state index in [1.165, 1.54) is 0 Å². The third-order valence-electron chi connectivity index (χ3n) is 7.94. The van der Waals surface area contributed by atoms with Gasteiger partial charge in [-0.1, -0.05) is 163 Å². The Labute approximate surface area is 326 Å². The summed E-state index contributed by atoms with van der Waals surface area (Å²) in [5.74, 6) is 0. The Morgan fingerprint density at radius 2 is 0.776 bits per heavy atom. The zero-order valence-corrected chi connectivity index (χ0v) is 24.4. The van der Waals surface area contributed by atoms with E-state index in [1.807, 2.05) is 0 Å². The van der Waals surface area contributed by atoms with Gasteiger partial charge in [0.05, 0.1) is 41.1 Å². The van der Waals surface area contributed by atoms with Crippen LogP contribution in [0.4, 0.5) is 0 Å². The summed E-state index contributed by atoms with van der Waals surface area (Å²) in [5.41, 5.74) is -7.95. The normalized spacial score (nSPS) is 20.2. The lowest BCUT2D eigenvalue weighted by atomic mass is 9.83. The number of hydrogen-bond acceptors (Lipinski definition) is 1. The molecule has 0 spiro atoms. The van der Waals surface area contributed by atoms with Crippen molar-refractivity contribution in [3.8, 4) is 44.5 Å². The molecule has 0 amide bonds. The fourth-order valence-corrected chi connectivity index (χ4v) is 5.94. The first-order valence-electron chi connectivity index (χ1n) is 29.4. The zero-order valence-electron chi connectivity index (χ0n) is 54.4. The molecule has 0 aliphatic rings. The van der Waals surface area contributed by atoms with Crippen molar-refractivity contribution in [3.05, 3.63) is 181 Å². The van der Waals surface area contributed by atoms with Crippen LogP contribution in [0.1, 0.15) is 41.1 Å². The Morgan fingerprint density at radius 1 is 0.306 bits per heavy atom. The number of rotatable bonds is 4. The highest BCUT2D eigenvalue weighted by molar-refractivity contribution is 6.24. The second-order valence-corrected chi connectivity index (χ2v) is 10.5. The molecule has 9 aromatic carbocycles. The molecule has 0 atom stereocenters. The Bertz CT molecular complexity index is 4460. The lowest BCUT2D eigenvalue weighted by molar-refractivity contribution is 0.670. The fourth-order valence-electron chi connectivity index (χ4n) is 5.94. The molecule has 0 aliphatic heterocycles. The number of para-hydroxylation sites is 1. The Morgan fingerprint density at radius 3 is 1.41 bits per heavy atom. The Kier molecular flexibility index (Phi) is 2.50. The van der Waals surface area contributed by atoms with Crippen LogP contribution in [0.2, 0.25) is 0 Å². The van der Waals surface area contributed by atoms with Crippen molar-refractivity contribution in [2.24, 2.45) is 0 Å². The average molecular weight is 653 g/mol. The van der Waals surface area contributed by atoms with E-state index in [4.69, 9.17) is 31.8 Å². The predicted molar refractivity (Wildman–Crippen MR) is 208 cm³/mol. The molecule has 0 aliphatic carbocycles. The molecule has 0 fully saturated rings. The highest BCUT2D eigenvalue weighted by atomic mass is 16.3. The highest BCUT2D eigenvalue weighted by Gasteiger charge is 2.20. The lowest BCUT2D eigenvalue weighted by Gasteiger charge is -2.20. The molecule has 228 valence electrons. The summed E-state index contributed by atoms with van der Waals surface area (Å²) in [6, 6.07) is -29.9. The molecule has 0 saturated carbocycles. The van der Waals surface area contributed by atoms with Crippen molar-refractivity contribution < 1.29 is 45.5 Å². The molecule has 1 nitrogen and oxygen atoms in total. The summed E-state index contributed by atoms with van der Waals surface area (Å²) in [7, 11) is 0. The first kappa shape index (κ1) is 11.1. The van der Waals surface area contributed by atoms with E-state index in [9.17, 15) is 13.7 Å². The van der Waals surface area contributed by atoms with Crippen molar-refractivity contribution in [1.82, 2.24) is 0 Å². The molecule has 0 N–H and O–H groups in total. The predicted octanol–water partition coefficient (Wildman–Crippen LogP) is 13.7. The smallest absolute Gasteiger partial charge is 0.143 e. The molecule has 1 heterocycles. The van der Waals surface area contributed by atoms with E-state index in [-0.39, 0.29) is 0 Å². The van der Waals surface area contributed by atoms with Gasteiger partial charge in [-0.15, -0.1) is 0 Å². The van der Waals surface area contributed by atoms with E-state index >= 15 is 0 Å². The van der Waals surface area contributed by atoms with Crippen molar-refractivity contribution >= 4 is 54.3 Å². The quantitative estimate of drug-likeness (QED) is 0.172.